The van der Waals surface area contributed by atoms with E-state index >= 15 is 0 Å². The van der Waals surface area contributed by atoms with E-state index in [1.807, 2.05) is 18.2 Å². The summed E-state index contributed by atoms with van der Waals surface area (Å²) in [6.45, 7) is 12.1. The van der Waals surface area contributed by atoms with E-state index in [1.165, 1.54) is 23.6 Å². The number of carbonyl (C=O) groups is 3. The molecule has 0 heterocycles. The Bertz CT molecular complexity index is 1670. The van der Waals surface area contributed by atoms with E-state index in [2.05, 4.69) is 39.7 Å². The highest BCUT2D eigenvalue weighted by Crippen LogP contribution is 2.69. The first-order valence-corrected chi connectivity index (χ1v) is 19.5. The molecule has 1 aromatic carbocycles. The van der Waals surface area contributed by atoms with Gasteiger partial charge in [-0.3, -0.25) is 14.4 Å². The van der Waals surface area contributed by atoms with Crippen molar-refractivity contribution in [2.24, 2.45) is 51.8 Å². The topological polar surface area (TPSA) is 101 Å². The van der Waals surface area contributed by atoms with Gasteiger partial charge in [0.2, 0.25) is 0 Å². The third-order valence-electron chi connectivity index (χ3n) is 16.4. The van der Waals surface area contributed by atoms with Crippen molar-refractivity contribution in [1.29, 1.82) is 0 Å². The number of hydrogen-bond acceptors (Lipinski definition) is 6. The zero-order valence-corrected chi connectivity index (χ0v) is 31.1. The molecule has 7 aliphatic rings. The lowest BCUT2D eigenvalue weighted by atomic mass is 9.44. The van der Waals surface area contributed by atoms with E-state index in [9.17, 15) is 24.6 Å². The largest absolute Gasteiger partial charge is 0.508 e. The minimum absolute atomic E-state index is 0.00469. The summed E-state index contributed by atoms with van der Waals surface area (Å²) in [6.07, 6.45) is 20.0. The molecule has 0 aromatic heterocycles. The van der Waals surface area contributed by atoms with Gasteiger partial charge >= 0.3 is 5.97 Å². The molecular weight excluding hydrogens is 624 g/mol. The van der Waals surface area contributed by atoms with Crippen molar-refractivity contribution in [2.75, 3.05) is 0 Å². The lowest BCUT2D eigenvalue weighted by Crippen LogP contribution is -2.59. The minimum Gasteiger partial charge on any atom is -0.508 e. The number of benzene rings is 1. The predicted octanol–water partition coefficient (Wildman–Crippen LogP) is 8.27. The van der Waals surface area contributed by atoms with Gasteiger partial charge in [-0.25, -0.2) is 0 Å². The molecule has 0 aliphatic heterocycles. The van der Waals surface area contributed by atoms with E-state index in [0.29, 0.717) is 60.0 Å². The zero-order chi connectivity index (χ0) is 36.0. The third kappa shape index (κ3) is 4.95. The first kappa shape index (κ1) is 35.5. The predicted molar refractivity (Wildman–Crippen MR) is 193 cm³/mol. The summed E-state index contributed by atoms with van der Waals surface area (Å²) in [5, 5.41) is 20.6. The van der Waals surface area contributed by atoms with E-state index in [4.69, 9.17) is 11.2 Å². The second-order valence-corrected chi connectivity index (χ2v) is 18.3. The lowest BCUT2D eigenvalue weighted by molar-refractivity contribution is -0.187. The first-order valence-electron chi connectivity index (χ1n) is 19.5. The maximum absolute atomic E-state index is 12.8. The van der Waals surface area contributed by atoms with E-state index < -0.39 is 11.2 Å². The Balaban J connectivity index is 0.000000161. The zero-order valence-electron chi connectivity index (χ0n) is 31.1. The number of ether oxygens (including phenoxy) is 1. The molecule has 5 saturated carbocycles. The number of ketones is 2. The van der Waals surface area contributed by atoms with Crippen molar-refractivity contribution >= 4 is 17.5 Å². The van der Waals surface area contributed by atoms with E-state index in [-0.39, 0.29) is 33.8 Å². The van der Waals surface area contributed by atoms with Crippen LogP contribution in [0.2, 0.25) is 0 Å². The summed E-state index contributed by atoms with van der Waals surface area (Å²) in [6, 6.07) is 5.87. The highest BCUT2D eigenvalue weighted by Gasteiger charge is 2.68. The van der Waals surface area contributed by atoms with E-state index in [1.54, 1.807) is 6.92 Å². The maximum Gasteiger partial charge on any atom is 0.303 e. The van der Waals surface area contributed by atoms with Crippen LogP contribution >= 0.6 is 0 Å². The second-order valence-electron chi connectivity index (χ2n) is 18.3. The fourth-order valence-electron chi connectivity index (χ4n) is 13.9. The Morgan fingerprint density at radius 3 is 2.26 bits per heavy atom. The number of aryl methyl sites for hydroxylation is 1. The average Bonchev–Trinajstić information content (AvgIpc) is 3.52. The van der Waals surface area contributed by atoms with Crippen LogP contribution in [0.5, 0.6) is 5.75 Å². The molecule has 0 radical (unpaired) electrons. The standard InChI is InChI=1S/C24H34O4.C20H24O2/c1-14-12-18-19(22(4)9-6-17(27)13-21(14)22)7-10-23(5)20(18)8-11-24(23,15(2)25)28-16(3)26;1-3-20(22)11-9-18-17-6-4-13-12-14(21)5-7-15(13)16(17)8-10-19(18,20)2/h13-14,18-20H,6-12H2,1-5H3;1,5,7,12,16-18,21-22H,4,6,8-11H2,2H3/t14-,18+,19-,20-,22+,23-,24-;16-,17-,18+,19+,20+/m01/s1. The number of Topliss-reactive ketones (excluding diaryl/α,β-unsaturated/α-hetero) is 1. The summed E-state index contributed by atoms with van der Waals surface area (Å²) in [5.74, 6) is 6.64. The van der Waals surface area contributed by atoms with Crippen LogP contribution in [0.25, 0.3) is 0 Å². The van der Waals surface area contributed by atoms with Crippen molar-refractivity contribution in [3.05, 3.63) is 41.0 Å². The second kappa shape index (κ2) is 12.1. The number of phenols is 1. The highest BCUT2D eigenvalue weighted by atomic mass is 16.6. The SMILES string of the molecule is C#C[C@]1(O)CC[C@H]2[C@@H]3CCc4cc(O)ccc4[C@H]3CC[C@@]21C.CC(=O)O[C@]1(C(C)=O)CC[C@H]2[C@@H]3C[C@H](C)C4=CC(=O)CC[C@]4(C)[C@H]3CC[C@@]21C. The summed E-state index contributed by atoms with van der Waals surface area (Å²) in [4.78, 5) is 36.8. The molecule has 0 amide bonds. The molecule has 5 fully saturated rings. The maximum atomic E-state index is 12.8. The van der Waals surface area contributed by atoms with Gasteiger partial charge in [0.05, 0.1) is 0 Å². The Morgan fingerprint density at radius 1 is 0.880 bits per heavy atom. The van der Waals surface area contributed by atoms with Gasteiger partial charge in [-0.1, -0.05) is 45.3 Å². The molecule has 2 N–H and O–H groups in total. The van der Waals surface area contributed by atoms with Crippen molar-refractivity contribution in [2.45, 2.75) is 142 Å². The van der Waals surface area contributed by atoms with Gasteiger partial charge in [0.1, 0.15) is 11.4 Å². The average molecular weight is 683 g/mol. The Morgan fingerprint density at radius 2 is 1.56 bits per heavy atom. The van der Waals surface area contributed by atoms with Crippen LogP contribution < -0.4 is 0 Å². The van der Waals surface area contributed by atoms with Gasteiger partial charge in [-0.15, -0.1) is 6.42 Å². The number of phenolic OH excluding ortho intramolecular Hbond substituents is 1. The summed E-state index contributed by atoms with van der Waals surface area (Å²) < 4.78 is 5.84. The molecule has 8 rings (SSSR count). The molecule has 270 valence electrons. The number of carbonyl (C=O) groups excluding carboxylic acids is 3. The number of hydrogen-bond donors (Lipinski definition) is 2. The Labute approximate surface area is 299 Å². The molecule has 0 spiro atoms. The normalized spacial score (nSPS) is 45.4. The van der Waals surface area contributed by atoms with Gasteiger partial charge in [-0.05, 0) is 160 Å². The molecule has 50 heavy (non-hydrogen) atoms. The third-order valence-corrected chi connectivity index (χ3v) is 16.4. The lowest BCUT2D eigenvalue weighted by Gasteiger charge is -2.60. The minimum atomic E-state index is -0.961. The van der Waals surface area contributed by atoms with Crippen LogP contribution in [0.1, 0.15) is 136 Å². The van der Waals surface area contributed by atoms with Gasteiger partial charge in [0.25, 0.3) is 0 Å². The summed E-state index contributed by atoms with van der Waals surface area (Å²) >= 11 is 0. The number of esters is 1. The molecule has 6 nitrogen and oxygen atoms in total. The van der Waals surface area contributed by atoms with Gasteiger partial charge in [-0.2, -0.15) is 0 Å². The summed E-state index contributed by atoms with van der Waals surface area (Å²) in [5.41, 5.74) is 1.91. The monoisotopic (exact) mass is 682 g/mol. The molecule has 0 bridgehead atoms. The van der Waals surface area contributed by atoms with Crippen LogP contribution in [0.15, 0.2) is 29.8 Å². The van der Waals surface area contributed by atoms with Crippen LogP contribution in [0, 0.1) is 64.1 Å². The number of allylic oxidation sites excluding steroid dienone is 1. The number of aliphatic hydroxyl groups is 1. The number of fused-ring (bicyclic) bond motifs is 10. The number of rotatable bonds is 2. The molecular formula is C44H58O6. The number of terminal acetylenes is 1. The Hall–Kier alpha value is -2.91. The van der Waals surface area contributed by atoms with Crippen molar-refractivity contribution in [1.82, 2.24) is 0 Å². The van der Waals surface area contributed by atoms with Gasteiger partial charge in [0, 0.05) is 24.2 Å². The molecule has 12 atom stereocenters. The molecule has 7 aliphatic carbocycles. The quantitative estimate of drug-likeness (QED) is 0.241. The van der Waals surface area contributed by atoms with Crippen LogP contribution in [0.4, 0.5) is 0 Å². The molecule has 6 heteroatoms. The van der Waals surface area contributed by atoms with Crippen LogP contribution in [0.3, 0.4) is 0 Å². The molecule has 1 aromatic rings. The summed E-state index contributed by atoms with van der Waals surface area (Å²) in [7, 11) is 0. The van der Waals surface area contributed by atoms with Gasteiger partial charge in [0.15, 0.2) is 17.2 Å². The molecule has 0 saturated heterocycles. The van der Waals surface area contributed by atoms with E-state index in [0.717, 1.165) is 70.6 Å². The first-order chi connectivity index (χ1) is 23.5. The van der Waals surface area contributed by atoms with Crippen LogP contribution in [-0.4, -0.2) is 39.0 Å². The van der Waals surface area contributed by atoms with Crippen molar-refractivity contribution < 1.29 is 29.3 Å². The number of aromatic hydroxyl groups is 1. The van der Waals surface area contributed by atoms with Gasteiger partial charge < -0.3 is 14.9 Å². The van der Waals surface area contributed by atoms with Crippen molar-refractivity contribution in [3.8, 4) is 18.1 Å². The fraction of sp³-hybridized carbons (Fsp3) is 0.705. The highest BCUT2D eigenvalue weighted by molar-refractivity contribution is 5.92. The van der Waals surface area contributed by atoms with Crippen LogP contribution in [-0.2, 0) is 25.5 Å². The fourth-order valence-corrected chi connectivity index (χ4v) is 13.9. The van der Waals surface area contributed by atoms with Crippen molar-refractivity contribution in [3.63, 3.8) is 0 Å². The smallest absolute Gasteiger partial charge is 0.303 e. The Kier molecular flexibility index (Phi) is 8.57. The molecule has 0 unspecified atom stereocenters.